The molecule has 1 aliphatic heterocycles. The molecule has 0 saturated carbocycles. The van der Waals surface area contributed by atoms with Crippen LogP contribution >= 0.6 is 0 Å². The predicted octanol–water partition coefficient (Wildman–Crippen LogP) is 3.62. The smallest absolute Gasteiger partial charge is 0.334 e. The number of anilines is 2. The summed E-state index contributed by atoms with van der Waals surface area (Å²) in [5, 5.41) is 2.90. The van der Waals surface area contributed by atoms with Gasteiger partial charge < -0.3 is 14.5 Å². The van der Waals surface area contributed by atoms with Gasteiger partial charge in [-0.2, -0.15) is 8.42 Å². The number of nitrogens with zero attached hydrogens (tertiary/aromatic N) is 1. The number of nitrogens with one attached hydrogen (secondary N) is 2. The number of amides is 2. The summed E-state index contributed by atoms with van der Waals surface area (Å²) >= 11 is 0. The van der Waals surface area contributed by atoms with Gasteiger partial charge in [0.05, 0.1) is 12.3 Å². The summed E-state index contributed by atoms with van der Waals surface area (Å²) in [4.78, 5) is 13.0. The molecule has 0 radical (unpaired) electrons. The lowest BCUT2D eigenvalue weighted by atomic mass is 9.99. The van der Waals surface area contributed by atoms with Gasteiger partial charge in [-0.3, -0.25) is 0 Å². The first-order valence-electron chi connectivity index (χ1n) is 11.3. The average Bonchev–Trinajstić information content (AvgIpc) is 3.49. The highest BCUT2D eigenvalue weighted by atomic mass is 32.2. The third-order valence-corrected chi connectivity index (χ3v) is 8.09. The van der Waals surface area contributed by atoms with E-state index in [2.05, 4.69) is 16.1 Å². The number of fused-ring (bicyclic) bond motifs is 2. The van der Waals surface area contributed by atoms with Crippen molar-refractivity contribution >= 4 is 27.8 Å². The molecule has 0 spiro atoms. The van der Waals surface area contributed by atoms with Crippen molar-refractivity contribution in [3.8, 4) is 0 Å². The monoisotopic (exact) mass is 459 g/mol. The van der Waals surface area contributed by atoms with E-state index >= 15 is 0 Å². The molecular weight excluding hydrogens is 430 g/mol. The van der Waals surface area contributed by atoms with Crippen LogP contribution in [0.1, 0.15) is 53.5 Å². The standard InChI is InChI=1S/C23H29N3O5S/c1-15-12-21(31-14-15)26(18-8-10-30-11-9-18)32(28,29)25-23(27)24-22-19-6-2-4-16(19)13-17-5-3-7-20(17)22/h12-14,18H,2-11H2,1H3,(H2,24,25,27). The molecule has 1 saturated heterocycles. The number of urea groups is 1. The van der Waals surface area contributed by atoms with Crippen molar-refractivity contribution in [1.82, 2.24) is 4.72 Å². The molecule has 0 unspecified atom stereocenters. The van der Waals surface area contributed by atoms with Crippen LogP contribution in [0.3, 0.4) is 0 Å². The molecule has 2 amide bonds. The van der Waals surface area contributed by atoms with Crippen LogP contribution in [0, 0.1) is 6.92 Å². The lowest BCUT2D eigenvalue weighted by Gasteiger charge is -2.32. The second-order valence-corrected chi connectivity index (χ2v) is 10.4. The maximum Gasteiger partial charge on any atom is 0.334 e. The molecule has 2 N–H and O–H groups in total. The van der Waals surface area contributed by atoms with E-state index in [1.54, 1.807) is 6.07 Å². The highest BCUT2D eigenvalue weighted by Gasteiger charge is 2.35. The molecule has 1 fully saturated rings. The van der Waals surface area contributed by atoms with E-state index < -0.39 is 16.2 Å². The van der Waals surface area contributed by atoms with Crippen molar-refractivity contribution in [2.75, 3.05) is 22.8 Å². The Morgan fingerprint density at radius 3 is 2.28 bits per heavy atom. The van der Waals surface area contributed by atoms with Crippen molar-refractivity contribution in [3.63, 3.8) is 0 Å². The van der Waals surface area contributed by atoms with Crippen LogP contribution in [-0.2, 0) is 40.6 Å². The number of hydrogen-bond donors (Lipinski definition) is 2. The number of hydrogen-bond acceptors (Lipinski definition) is 5. The molecule has 1 aromatic heterocycles. The van der Waals surface area contributed by atoms with E-state index in [1.165, 1.54) is 21.7 Å². The summed E-state index contributed by atoms with van der Waals surface area (Å²) in [6.07, 6.45) is 8.51. The lowest BCUT2D eigenvalue weighted by Crippen LogP contribution is -2.51. The zero-order valence-corrected chi connectivity index (χ0v) is 19.1. The minimum absolute atomic E-state index is 0.205. The number of aryl methyl sites for hydroxylation is 3. The van der Waals surface area contributed by atoms with Gasteiger partial charge in [0.25, 0.3) is 0 Å². The van der Waals surface area contributed by atoms with Gasteiger partial charge >= 0.3 is 16.2 Å². The Labute approximate surface area is 188 Å². The van der Waals surface area contributed by atoms with Gasteiger partial charge in [0.15, 0.2) is 0 Å². The number of ether oxygens (including phenoxy) is 1. The van der Waals surface area contributed by atoms with Crippen LogP contribution in [0.4, 0.5) is 16.4 Å². The van der Waals surface area contributed by atoms with Gasteiger partial charge in [0, 0.05) is 25.0 Å². The van der Waals surface area contributed by atoms with E-state index in [0.29, 0.717) is 26.1 Å². The molecule has 32 heavy (non-hydrogen) atoms. The minimum atomic E-state index is -4.19. The summed E-state index contributed by atoms with van der Waals surface area (Å²) in [6.45, 7) is 2.76. The molecule has 8 nitrogen and oxygen atoms in total. The maximum atomic E-state index is 13.4. The number of rotatable bonds is 5. The van der Waals surface area contributed by atoms with E-state index in [9.17, 15) is 13.2 Å². The molecular formula is C23H29N3O5S. The van der Waals surface area contributed by atoms with Crippen LogP contribution in [0.15, 0.2) is 22.8 Å². The largest absolute Gasteiger partial charge is 0.447 e. The summed E-state index contributed by atoms with van der Waals surface area (Å²) in [5.74, 6) is 0.205. The van der Waals surface area contributed by atoms with Gasteiger partial charge in [-0.1, -0.05) is 6.07 Å². The first kappa shape index (κ1) is 21.3. The van der Waals surface area contributed by atoms with Gasteiger partial charge in [0.2, 0.25) is 5.88 Å². The molecule has 2 heterocycles. The van der Waals surface area contributed by atoms with Crippen LogP contribution < -0.4 is 14.3 Å². The molecule has 172 valence electrons. The topological polar surface area (TPSA) is 101 Å². The summed E-state index contributed by atoms with van der Waals surface area (Å²) in [5.41, 5.74) is 6.48. The van der Waals surface area contributed by atoms with Crippen molar-refractivity contribution in [2.45, 2.75) is 64.3 Å². The van der Waals surface area contributed by atoms with Crippen LogP contribution in [0.25, 0.3) is 0 Å². The summed E-state index contributed by atoms with van der Waals surface area (Å²) in [7, 11) is -4.19. The third kappa shape index (κ3) is 3.99. The molecule has 2 aromatic rings. The first-order valence-corrected chi connectivity index (χ1v) is 12.8. The predicted molar refractivity (Wildman–Crippen MR) is 121 cm³/mol. The number of carbonyl (C=O) groups is 1. The Hall–Kier alpha value is -2.52. The van der Waals surface area contributed by atoms with Crippen molar-refractivity contribution < 1.29 is 22.4 Å². The van der Waals surface area contributed by atoms with Gasteiger partial charge in [-0.05, 0) is 86.1 Å². The fraction of sp³-hybridized carbons (Fsp3) is 0.522. The number of furan rings is 1. The highest BCUT2D eigenvalue weighted by molar-refractivity contribution is 7.91. The van der Waals surface area contributed by atoms with Crippen molar-refractivity contribution in [3.05, 3.63) is 46.2 Å². The molecule has 9 heteroatoms. The van der Waals surface area contributed by atoms with E-state index in [4.69, 9.17) is 9.15 Å². The zero-order chi connectivity index (χ0) is 22.3. The Morgan fingerprint density at radius 1 is 1.03 bits per heavy atom. The average molecular weight is 460 g/mol. The fourth-order valence-electron chi connectivity index (χ4n) is 5.22. The van der Waals surface area contributed by atoms with Crippen molar-refractivity contribution in [1.29, 1.82) is 0 Å². The normalized spacial score (nSPS) is 18.3. The molecule has 0 atom stereocenters. The second kappa shape index (κ2) is 8.44. The first-order chi connectivity index (χ1) is 15.4. The van der Waals surface area contributed by atoms with Gasteiger partial charge in [-0.25, -0.2) is 13.8 Å². The number of carbonyl (C=O) groups excluding carboxylic acids is 1. The zero-order valence-electron chi connectivity index (χ0n) is 18.3. The molecule has 5 rings (SSSR count). The van der Waals surface area contributed by atoms with Crippen LogP contribution in [-0.4, -0.2) is 33.7 Å². The molecule has 0 bridgehead atoms. The van der Waals surface area contributed by atoms with Gasteiger partial charge in [-0.15, -0.1) is 0 Å². The lowest BCUT2D eigenvalue weighted by molar-refractivity contribution is 0.0869. The summed E-state index contributed by atoms with van der Waals surface area (Å²) < 4.78 is 41.1. The maximum absolute atomic E-state index is 13.4. The highest BCUT2D eigenvalue weighted by Crippen LogP contribution is 2.38. The molecule has 2 aliphatic carbocycles. The second-order valence-electron chi connectivity index (χ2n) is 8.90. The minimum Gasteiger partial charge on any atom is -0.447 e. The quantitative estimate of drug-likeness (QED) is 0.711. The fourth-order valence-corrected chi connectivity index (χ4v) is 6.54. The Bertz CT molecular complexity index is 1100. The Morgan fingerprint density at radius 2 is 1.69 bits per heavy atom. The SMILES string of the molecule is Cc1coc(N(C2CCOCC2)S(=O)(=O)NC(=O)Nc2c3c(cc4c2CCC4)CCC3)c1. The van der Waals surface area contributed by atoms with E-state index in [0.717, 1.165) is 60.9 Å². The van der Waals surface area contributed by atoms with E-state index in [-0.39, 0.29) is 11.9 Å². The van der Waals surface area contributed by atoms with Gasteiger partial charge in [0.1, 0.15) is 0 Å². The Balaban J connectivity index is 1.41. The van der Waals surface area contributed by atoms with Crippen LogP contribution in [0.5, 0.6) is 0 Å². The Kier molecular flexibility index (Phi) is 5.63. The van der Waals surface area contributed by atoms with Crippen LogP contribution in [0.2, 0.25) is 0 Å². The molecule has 1 aromatic carbocycles. The van der Waals surface area contributed by atoms with E-state index in [1.807, 2.05) is 6.92 Å². The summed E-state index contributed by atoms with van der Waals surface area (Å²) in [6, 6.07) is 2.87. The number of benzene rings is 1. The molecule has 3 aliphatic rings. The van der Waals surface area contributed by atoms with Crippen molar-refractivity contribution in [2.24, 2.45) is 0 Å². The third-order valence-electron chi connectivity index (χ3n) is 6.65.